The largest absolute Gasteiger partial charge is 0.515 e. The fraction of sp³-hybridized carbons (Fsp3) is 0.133. The number of halogens is 2. The lowest BCUT2D eigenvalue weighted by Gasteiger charge is -2.08. The molecule has 0 spiro atoms. The number of rotatable bonds is 3. The van der Waals surface area contributed by atoms with Gasteiger partial charge in [-0.25, -0.2) is 9.31 Å². The minimum atomic E-state index is -0.887. The van der Waals surface area contributed by atoms with E-state index in [1.807, 2.05) is 0 Å². The standard InChI is InChI=1S/C15H11Cl2N3O4/c1-2-23-15(22)24-13-8-12-14(21)19(5-6-20(12)18-13)11-4-3-9(16)7-10(11)17/h3-8H,2H2,1H3. The van der Waals surface area contributed by atoms with E-state index in [0.717, 1.165) is 0 Å². The van der Waals surface area contributed by atoms with Crippen molar-refractivity contribution in [1.82, 2.24) is 14.2 Å². The Hall–Kier alpha value is -2.51. The fourth-order valence-electron chi connectivity index (χ4n) is 2.12. The van der Waals surface area contributed by atoms with Gasteiger partial charge in [0.05, 0.1) is 17.3 Å². The summed E-state index contributed by atoms with van der Waals surface area (Å²) in [4.78, 5) is 24.0. The van der Waals surface area contributed by atoms with Gasteiger partial charge in [0.1, 0.15) is 5.52 Å². The molecule has 1 aromatic carbocycles. The Bertz CT molecular complexity index is 980. The maximum atomic E-state index is 12.6. The van der Waals surface area contributed by atoms with Gasteiger partial charge in [-0.1, -0.05) is 23.2 Å². The summed E-state index contributed by atoms with van der Waals surface area (Å²) < 4.78 is 12.2. The van der Waals surface area contributed by atoms with Gasteiger partial charge in [-0.3, -0.25) is 9.36 Å². The first-order chi connectivity index (χ1) is 11.5. The Balaban J connectivity index is 2.05. The molecule has 3 aromatic rings. The monoisotopic (exact) mass is 367 g/mol. The quantitative estimate of drug-likeness (QED) is 0.663. The van der Waals surface area contributed by atoms with Crippen molar-refractivity contribution in [2.45, 2.75) is 6.92 Å². The lowest BCUT2D eigenvalue weighted by atomic mass is 10.3. The zero-order chi connectivity index (χ0) is 17.3. The van der Waals surface area contributed by atoms with Crippen LogP contribution in [0.4, 0.5) is 4.79 Å². The molecule has 24 heavy (non-hydrogen) atoms. The molecule has 2 heterocycles. The maximum Gasteiger partial charge on any atom is 0.515 e. The van der Waals surface area contributed by atoms with Crippen LogP contribution in [-0.4, -0.2) is 26.9 Å². The predicted molar refractivity (Wildman–Crippen MR) is 88.5 cm³/mol. The Kier molecular flexibility index (Phi) is 4.46. The van der Waals surface area contributed by atoms with Crippen molar-refractivity contribution in [2.24, 2.45) is 0 Å². The van der Waals surface area contributed by atoms with Crippen LogP contribution in [0.2, 0.25) is 10.0 Å². The Morgan fingerprint density at radius 1 is 1.25 bits per heavy atom. The van der Waals surface area contributed by atoms with Crippen molar-refractivity contribution in [3.63, 3.8) is 0 Å². The Morgan fingerprint density at radius 3 is 2.75 bits per heavy atom. The van der Waals surface area contributed by atoms with Gasteiger partial charge in [-0.15, -0.1) is 5.10 Å². The molecule has 0 unspecified atom stereocenters. The molecular formula is C15H11Cl2N3O4. The van der Waals surface area contributed by atoms with Gasteiger partial charge in [0.15, 0.2) is 0 Å². The average Bonchev–Trinajstić information content (AvgIpc) is 2.92. The highest BCUT2D eigenvalue weighted by Gasteiger charge is 2.14. The van der Waals surface area contributed by atoms with Crippen LogP contribution in [0.5, 0.6) is 5.88 Å². The molecule has 124 valence electrons. The molecule has 0 atom stereocenters. The highest BCUT2D eigenvalue weighted by Crippen LogP contribution is 2.23. The summed E-state index contributed by atoms with van der Waals surface area (Å²) in [7, 11) is 0. The van der Waals surface area contributed by atoms with Gasteiger partial charge < -0.3 is 9.47 Å². The second-order valence-corrected chi connectivity index (χ2v) is 5.51. The van der Waals surface area contributed by atoms with Crippen molar-refractivity contribution in [3.8, 4) is 11.6 Å². The summed E-state index contributed by atoms with van der Waals surface area (Å²) in [5, 5.41) is 4.79. The van der Waals surface area contributed by atoms with Crippen LogP contribution in [0.25, 0.3) is 11.2 Å². The zero-order valence-electron chi connectivity index (χ0n) is 12.4. The molecule has 0 aliphatic carbocycles. The molecule has 0 amide bonds. The number of ether oxygens (including phenoxy) is 2. The molecule has 0 N–H and O–H groups in total. The summed E-state index contributed by atoms with van der Waals surface area (Å²) in [5.41, 5.74) is 0.304. The minimum absolute atomic E-state index is 0.0366. The molecule has 0 saturated heterocycles. The molecule has 0 aliphatic heterocycles. The van der Waals surface area contributed by atoms with Crippen LogP contribution in [0.15, 0.2) is 41.5 Å². The van der Waals surface area contributed by atoms with Crippen LogP contribution in [0, 0.1) is 0 Å². The van der Waals surface area contributed by atoms with Crippen molar-refractivity contribution in [3.05, 3.63) is 57.1 Å². The Labute approximate surface area is 145 Å². The number of nitrogens with zero attached hydrogens (tertiary/aromatic N) is 3. The Morgan fingerprint density at radius 2 is 2.04 bits per heavy atom. The molecule has 2 aromatic heterocycles. The molecule has 0 aliphatic rings. The maximum absolute atomic E-state index is 12.6. The van der Waals surface area contributed by atoms with Crippen LogP contribution >= 0.6 is 23.2 Å². The molecule has 0 saturated carbocycles. The van der Waals surface area contributed by atoms with E-state index in [-0.39, 0.29) is 23.6 Å². The van der Waals surface area contributed by atoms with Crippen molar-refractivity contribution in [1.29, 1.82) is 0 Å². The van der Waals surface area contributed by atoms with Gasteiger partial charge in [-0.2, -0.15) is 0 Å². The smallest absolute Gasteiger partial charge is 0.434 e. The number of aromatic nitrogens is 3. The first kappa shape index (κ1) is 16.4. The second kappa shape index (κ2) is 6.54. The van der Waals surface area contributed by atoms with Crippen LogP contribution in [0.3, 0.4) is 0 Å². The first-order valence-corrected chi connectivity index (χ1v) is 7.66. The molecule has 9 heteroatoms. The topological polar surface area (TPSA) is 74.8 Å². The van der Waals surface area contributed by atoms with Crippen molar-refractivity contribution < 1.29 is 14.3 Å². The van der Waals surface area contributed by atoms with E-state index < -0.39 is 6.16 Å². The highest BCUT2D eigenvalue weighted by molar-refractivity contribution is 6.35. The number of benzene rings is 1. The van der Waals surface area contributed by atoms with Gasteiger partial charge in [-0.05, 0) is 25.1 Å². The third-order valence-corrected chi connectivity index (χ3v) is 3.67. The normalized spacial score (nSPS) is 10.8. The van der Waals surface area contributed by atoms with Gasteiger partial charge in [0.25, 0.3) is 5.56 Å². The third kappa shape index (κ3) is 3.08. The number of fused-ring (bicyclic) bond motifs is 1. The molecule has 3 rings (SSSR count). The first-order valence-electron chi connectivity index (χ1n) is 6.90. The van der Waals surface area contributed by atoms with Crippen LogP contribution in [0.1, 0.15) is 6.92 Å². The summed E-state index contributed by atoms with van der Waals surface area (Å²) in [6, 6.07) is 6.15. The van der Waals surface area contributed by atoms with Crippen molar-refractivity contribution in [2.75, 3.05) is 6.61 Å². The van der Waals surface area contributed by atoms with Gasteiger partial charge in [0, 0.05) is 23.5 Å². The SMILES string of the molecule is CCOC(=O)Oc1cc2c(=O)n(-c3ccc(Cl)cc3Cl)ccn2n1. The minimum Gasteiger partial charge on any atom is -0.434 e. The molecule has 0 radical (unpaired) electrons. The van der Waals surface area contributed by atoms with Crippen molar-refractivity contribution >= 4 is 34.9 Å². The second-order valence-electron chi connectivity index (χ2n) is 4.67. The average molecular weight is 368 g/mol. The van der Waals surface area contributed by atoms with Crippen LogP contribution in [-0.2, 0) is 4.74 Å². The van der Waals surface area contributed by atoms with Crippen LogP contribution < -0.4 is 10.3 Å². The molecule has 0 fully saturated rings. The molecule has 0 bridgehead atoms. The lowest BCUT2D eigenvalue weighted by molar-refractivity contribution is 0.102. The van der Waals surface area contributed by atoms with E-state index >= 15 is 0 Å². The number of hydrogen-bond acceptors (Lipinski definition) is 5. The van der Waals surface area contributed by atoms with E-state index in [1.54, 1.807) is 31.3 Å². The van der Waals surface area contributed by atoms with E-state index in [2.05, 4.69) is 9.84 Å². The third-order valence-electron chi connectivity index (χ3n) is 3.13. The predicted octanol–water partition coefficient (Wildman–Crippen LogP) is 3.33. The van der Waals surface area contributed by atoms with E-state index in [9.17, 15) is 9.59 Å². The highest BCUT2D eigenvalue weighted by atomic mass is 35.5. The number of carbonyl (C=O) groups excluding carboxylic acids is 1. The summed E-state index contributed by atoms with van der Waals surface area (Å²) in [6.07, 6.45) is 2.16. The van der Waals surface area contributed by atoms with Gasteiger partial charge >= 0.3 is 6.16 Å². The van der Waals surface area contributed by atoms with E-state index in [4.69, 9.17) is 27.9 Å². The van der Waals surface area contributed by atoms with Gasteiger partial charge in [0.2, 0.25) is 5.88 Å². The number of hydrogen-bond donors (Lipinski definition) is 0. The zero-order valence-corrected chi connectivity index (χ0v) is 13.9. The number of carbonyl (C=O) groups is 1. The molecular weight excluding hydrogens is 357 g/mol. The summed E-state index contributed by atoms with van der Waals surface area (Å²) in [5.74, 6) is -0.0366. The summed E-state index contributed by atoms with van der Waals surface area (Å²) in [6.45, 7) is 1.83. The lowest BCUT2D eigenvalue weighted by Crippen LogP contribution is -2.19. The van der Waals surface area contributed by atoms with E-state index in [0.29, 0.717) is 15.7 Å². The molecule has 7 nitrogen and oxygen atoms in total. The van der Waals surface area contributed by atoms with E-state index in [1.165, 1.54) is 21.3 Å². The summed E-state index contributed by atoms with van der Waals surface area (Å²) >= 11 is 12.0. The fourth-order valence-corrected chi connectivity index (χ4v) is 2.61.